The largest absolute Gasteiger partial charge is 0.429 e. The van der Waals surface area contributed by atoms with E-state index in [-0.39, 0.29) is 5.97 Å². The van der Waals surface area contributed by atoms with Gasteiger partial charge in [-0.1, -0.05) is 60.7 Å². The zero-order valence-corrected chi connectivity index (χ0v) is 17.1. The number of ether oxygens (including phenoxy) is 1. The van der Waals surface area contributed by atoms with Gasteiger partial charge in [0, 0.05) is 0 Å². The van der Waals surface area contributed by atoms with E-state index < -0.39 is 10.8 Å². The molecule has 0 radical (unpaired) electrons. The molecule has 1 unspecified atom stereocenters. The van der Waals surface area contributed by atoms with Crippen LogP contribution in [0.15, 0.2) is 77.6 Å². The number of benzene rings is 2. The first kappa shape index (κ1) is 19.2. The minimum atomic E-state index is -0.561. The summed E-state index contributed by atoms with van der Waals surface area (Å²) in [6, 6.07) is 20.7. The third-order valence-electron chi connectivity index (χ3n) is 5.45. The van der Waals surface area contributed by atoms with Crippen molar-refractivity contribution in [3.8, 4) is 0 Å². The minimum absolute atomic E-state index is 0.207. The number of carbonyl (C=O) groups is 1. The quantitative estimate of drug-likeness (QED) is 0.601. The van der Waals surface area contributed by atoms with Crippen molar-refractivity contribution in [3.63, 3.8) is 0 Å². The van der Waals surface area contributed by atoms with Gasteiger partial charge in [-0.2, -0.15) is 0 Å². The molecule has 0 heterocycles. The van der Waals surface area contributed by atoms with Gasteiger partial charge < -0.3 is 4.74 Å². The van der Waals surface area contributed by atoms with E-state index in [0.717, 1.165) is 22.5 Å². The molecule has 0 saturated heterocycles. The first-order valence-corrected chi connectivity index (χ1v) is 9.43. The minimum Gasteiger partial charge on any atom is -0.429 e. The van der Waals surface area contributed by atoms with E-state index in [9.17, 15) is 4.79 Å². The average Bonchev–Trinajstić information content (AvgIpc) is 2.84. The fourth-order valence-electron chi connectivity index (χ4n) is 3.80. The fraction of sp³-hybridized carbons (Fsp3) is 0.320. The number of esters is 1. The summed E-state index contributed by atoms with van der Waals surface area (Å²) in [5, 5.41) is 0. The van der Waals surface area contributed by atoms with E-state index in [1.54, 1.807) is 0 Å². The van der Waals surface area contributed by atoms with Crippen LogP contribution in [0.4, 0.5) is 0 Å². The van der Waals surface area contributed by atoms with Gasteiger partial charge in [0.1, 0.15) is 5.76 Å². The SMILES string of the molecule is CC1=C(OC(=O)C(C)(C)C)C(C)(c2ccccc2)C(c2ccccc2)=C1C. The normalized spacial score (nSPS) is 20.2. The summed E-state index contributed by atoms with van der Waals surface area (Å²) >= 11 is 0. The van der Waals surface area contributed by atoms with E-state index in [1.165, 1.54) is 11.1 Å². The zero-order chi connectivity index (χ0) is 19.8. The summed E-state index contributed by atoms with van der Waals surface area (Å²) in [6.45, 7) is 12.0. The van der Waals surface area contributed by atoms with E-state index in [4.69, 9.17) is 4.74 Å². The second-order valence-electron chi connectivity index (χ2n) is 8.45. The molecule has 2 heteroatoms. The van der Waals surface area contributed by atoms with Crippen LogP contribution in [0.1, 0.15) is 52.7 Å². The van der Waals surface area contributed by atoms with Crippen molar-refractivity contribution in [3.05, 3.63) is 88.7 Å². The van der Waals surface area contributed by atoms with Crippen molar-refractivity contribution < 1.29 is 9.53 Å². The highest BCUT2D eigenvalue weighted by atomic mass is 16.5. The summed E-state index contributed by atoms with van der Waals surface area (Å²) in [5.41, 5.74) is 4.61. The Balaban J connectivity index is 2.21. The van der Waals surface area contributed by atoms with Gasteiger partial charge in [0.15, 0.2) is 0 Å². The molecule has 0 spiro atoms. The third-order valence-corrected chi connectivity index (χ3v) is 5.45. The molecule has 0 fully saturated rings. The average molecular weight is 360 g/mol. The van der Waals surface area contributed by atoms with Gasteiger partial charge in [-0.25, -0.2) is 0 Å². The Hall–Kier alpha value is -2.61. The van der Waals surface area contributed by atoms with Crippen molar-refractivity contribution in [2.75, 3.05) is 0 Å². The Labute approximate surface area is 162 Å². The molecule has 0 N–H and O–H groups in total. The second-order valence-corrected chi connectivity index (χ2v) is 8.45. The van der Waals surface area contributed by atoms with Crippen LogP contribution < -0.4 is 0 Å². The Kier molecular flexibility index (Phi) is 4.86. The van der Waals surface area contributed by atoms with Gasteiger partial charge in [0.25, 0.3) is 0 Å². The lowest BCUT2D eigenvalue weighted by Gasteiger charge is -2.33. The molecule has 1 aliphatic carbocycles. The maximum atomic E-state index is 12.8. The molecule has 0 aliphatic heterocycles. The molecule has 1 atom stereocenters. The Morgan fingerprint density at radius 1 is 0.852 bits per heavy atom. The standard InChI is InChI=1S/C25H28O2/c1-17-18(2)22(27-23(26)24(3,4)5)25(6,20-15-11-8-12-16-20)21(17)19-13-9-7-10-14-19/h7-16H,1-6H3. The highest BCUT2D eigenvalue weighted by molar-refractivity contribution is 5.88. The van der Waals surface area contributed by atoms with Crippen LogP contribution in [0.25, 0.3) is 5.57 Å². The van der Waals surface area contributed by atoms with Crippen molar-refractivity contribution in [1.82, 2.24) is 0 Å². The van der Waals surface area contributed by atoms with Crippen LogP contribution in [-0.4, -0.2) is 5.97 Å². The van der Waals surface area contributed by atoms with Crippen LogP contribution in [0.2, 0.25) is 0 Å². The van der Waals surface area contributed by atoms with Gasteiger partial charge in [-0.15, -0.1) is 0 Å². The summed E-state index contributed by atoms with van der Waals surface area (Å²) in [7, 11) is 0. The first-order valence-electron chi connectivity index (χ1n) is 9.43. The molecule has 0 aromatic heterocycles. The maximum Gasteiger partial charge on any atom is 0.316 e. The smallest absolute Gasteiger partial charge is 0.316 e. The first-order chi connectivity index (χ1) is 12.7. The lowest BCUT2D eigenvalue weighted by molar-refractivity contribution is -0.149. The second kappa shape index (κ2) is 6.84. The number of hydrogen-bond acceptors (Lipinski definition) is 2. The molecule has 140 valence electrons. The van der Waals surface area contributed by atoms with Gasteiger partial charge >= 0.3 is 5.97 Å². The summed E-state index contributed by atoms with van der Waals surface area (Å²) in [6.07, 6.45) is 0. The number of hydrogen-bond donors (Lipinski definition) is 0. The zero-order valence-electron chi connectivity index (χ0n) is 17.1. The molecule has 2 aromatic rings. The van der Waals surface area contributed by atoms with Crippen LogP contribution in [0.3, 0.4) is 0 Å². The Morgan fingerprint density at radius 2 is 1.37 bits per heavy atom. The molecular formula is C25H28O2. The van der Waals surface area contributed by atoms with E-state index in [0.29, 0.717) is 0 Å². The summed E-state index contributed by atoms with van der Waals surface area (Å²) in [4.78, 5) is 12.8. The number of allylic oxidation sites excluding steroid dienone is 3. The molecule has 2 aromatic carbocycles. The molecule has 2 nitrogen and oxygen atoms in total. The van der Waals surface area contributed by atoms with E-state index in [1.807, 2.05) is 45.0 Å². The lowest BCUT2D eigenvalue weighted by Crippen LogP contribution is -2.31. The van der Waals surface area contributed by atoms with Gasteiger partial charge in [-0.3, -0.25) is 4.79 Å². The maximum absolute atomic E-state index is 12.8. The molecule has 27 heavy (non-hydrogen) atoms. The molecular weight excluding hydrogens is 332 g/mol. The lowest BCUT2D eigenvalue weighted by atomic mass is 9.73. The van der Waals surface area contributed by atoms with Crippen LogP contribution >= 0.6 is 0 Å². The predicted octanol–water partition coefficient (Wildman–Crippen LogP) is 6.29. The highest BCUT2D eigenvalue weighted by Crippen LogP contribution is 2.53. The summed E-state index contributed by atoms with van der Waals surface area (Å²) in [5.74, 6) is 0.533. The van der Waals surface area contributed by atoms with Crippen LogP contribution in [-0.2, 0) is 14.9 Å². The molecule has 3 rings (SSSR count). The molecule has 1 aliphatic rings. The fourth-order valence-corrected chi connectivity index (χ4v) is 3.80. The third kappa shape index (κ3) is 3.25. The molecule has 0 saturated carbocycles. The van der Waals surface area contributed by atoms with Crippen LogP contribution in [0, 0.1) is 5.41 Å². The molecule has 0 amide bonds. The van der Waals surface area contributed by atoms with Crippen molar-refractivity contribution in [2.45, 2.75) is 47.0 Å². The van der Waals surface area contributed by atoms with Crippen molar-refractivity contribution in [1.29, 1.82) is 0 Å². The van der Waals surface area contributed by atoms with E-state index >= 15 is 0 Å². The van der Waals surface area contributed by atoms with E-state index in [2.05, 4.69) is 57.2 Å². The highest BCUT2D eigenvalue weighted by Gasteiger charge is 2.46. The van der Waals surface area contributed by atoms with Crippen molar-refractivity contribution >= 4 is 11.5 Å². The Morgan fingerprint density at radius 3 is 1.89 bits per heavy atom. The monoisotopic (exact) mass is 360 g/mol. The Bertz CT molecular complexity index is 912. The van der Waals surface area contributed by atoms with Crippen LogP contribution in [0.5, 0.6) is 0 Å². The number of rotatable bonds is 3. The molecule has 0 bridgehead atoms. The topological polar surface area (TPSA) is 26.3 Å². The van der Waals surface area contributed by atoms with Gasteiger partial charge in [0.05, 0.1) is 10.8 Å². The number of carbonyl (C=O) groups excluding carboxylic acids is 1. The van der Waals surface area contributed by atoms with Gasteiger partial charge in [0.2, 0.25) is 0 Å². The van der Waals surface area contributed by atoms with Crippen molar-refractivity contribution in [2.24, 2.45) is 5.41 Å². The summed E-state index contributed by atoms with van der Waals surface area (Å²) < 4.78 is 6.08. The predicted molar refractivity (Wildman–Crippen MR) is 111 cm³/mol. The van der Waals surface area contributed by atoms with Gasteiger partial charge in [-0.05, 0) is 69.4 Å².